The van der Waals surface area contributed by atoms with Gasteiger partial charge in [0.25, 0.3) is 0 Å². The van der Waals surface area contributed by atoms with E-state index in [9.17, 15) is 9.90 Å². The number of nitrogens with one attached hydrogen (secondary N) is 1. The fourth-order valence-electron chi connectivity index (χ4n) is 3.28. The molecule has 0 amide bonds. The van der Waals surface area contributed by atoms with E-state index in [4.69, 9.17) is 0 Å². The standard InChI is InChI=1S/C17H21NO2/c1-17(2,3)11-5-7-15-13(9-11)12-8-10(16(19)20)4-6-14(12)18-15/h4,6,8,11,18H,5,7,9H2,1-3H3,(H,19,20)/p-1/t11-/m0/s1. The summed E-state index contributed by atoms with van der Waals surface area (Å²) in [7, 11) is 0. The molecule has 0 spiro atoms. The molecule has 1 aliphatic rings. The first-order valence-electron chi connectivity index (χ1n) is 7.21. The molecular formula is C17H20NO2-. The van der Waals surface area contributed by atoms with Crippen molar-refractivity contribution in [2.24, 2.45) is 11.3 Å². The Kier molecular flexibility index (Phi) is 2.89. The molecule has 2 aromatic rings. The molecule has 1 N–H and O–H groups in total. The number of aromatic carboxylic acids is 1. The number of aromatic nitrogens is 1. The van der Waals surface area contributed by atoms with Crippen molar-refractivity contribution < 1.29 is 9.90 Å². The number of hydrogen-bond acceptors (Lipinski definition) is 2. The number of rotatable bonds is 1. The number of aryl methyl sites for hydroxylation is 1. The topological polar surface area (TPSA) is 55.9 Å². The Labute approximate surface area is 119 Å². The molecule has 3 rings (SSSR count). The second kappa shape index (κ2) is 4.37. The van der Waals surface area contributed by atoms with Gasteiger partial charge in [-0.3, -0.25) is 0 Å². The summed E-state index contributed by atoms with van der Waals surface area (Å²) in [6.07, 6.45) is 3.26. The summed E-state index contributed by atoms with van der Waals surface area (Å²) in [4.78, 5) is 14.5. The lowest BCUT2D eigenvalue weighted by Gasteiger charge is -2.34. The summed E-state index contributed by atoms with van der Waals surface area (Å²) >= 11 is 0. The van der Waals surface area contributed by atoms with Gasteiger partial charge in [-0.1, -0.05) is 26.8 Å². The molecule has 1 heterocycles. The van der Waals surface area contributed by atoms with Crippen LogP contribution in [-0.4, -0.2) is 11.0 Å². The normalized spacial score (nSPS) is 19.1. The Morgan fingerprint density at radius 2 is 2.10 bits per heavy atom. The quantitative estimate of drug-likeness (QED) is 0.866. The van der Waals surface area contributed by atoms with Crippen molar-refractivity contribution >= 4 is 16.9 Å². The second-order valence-electron chi connectivity index (χ2n) is 6.94. The van der Waals surface area contributed by atoms with Gasteiger partial charge in [-0.25, -0.2) is 0 Å². The number of hydrogen-bond donors (Lipinski definition) is 1. The van der Waals surface area contributed by atoms with Crippen LogP contribution in [0.25, 0.3) is 10.9 Å². The van der Waals surface area contributed by atoms with Gasteiger partial charge in [0, 0.05) is 16.6 Å². The second-order valence-corrected chi connectivity index (χ2v) is 6.94. The van der Waals surface area contributed by atoms with Gasteiger partial charge in [0.1, 0.15) is 0 Å². The van der Waals surface area contributed by atoms with Crippen LogP contribution in [0, 0.1) is 11.3 Å². The van der Waals surface area contributed by atoms with E-state index in [1.54, 1.807) is 12.1 Å². The number of carbonyl (C=O) groups excluding carboxylic acids is 1. The van der Waals surface area contributed by atoms with Gasteiger partial charge in [0.15, 0.2) is 0 Å². The minimum Gasteiger partial charge on any atom is -0.545 e. The van der Waals surface area contributed by atoms with Crippen molar-refractivity contribution in [1.82, 2.24) is 4.98 Å². The SMILES string of the molecule is CC(C)(C)[C@H]1CCc2[nH]c3ccc(C(=O)[O-])cc3c2C1. The highest BCUT2D eigenvalue weighted by atomic mass is 16.4. The summed E-state index contributed by atoms with van der Waals surface area (Å²) in [5.41, 5.74) is 4.16. The lowest BCUT2D eigenvalue weighted by Crippen LogP contribution is -2.26. The van der Waals surface area contributed by atoms with E-state index < -0.39 is 5.97 Å². The van der Waals surface area contributed by atoms with Crippen molar-refractivity contribution in [2.75, 3.05) is 0 Å². The zero-order valence-electron chi connectivity index (χ0n) is 12.2. The van der Waals surface area contributed by atoms with Crippen LogP contribution in [0.3, 0.4) is 0 Å². The van der Waals surface area contributed by atoms with Crippen molar-refractivity contribution in [3.8, 4) is 0 Å². The minimum atomic E-state index is -1.11. The molecule has 0 radical (unpaired) electrons. The molecule has 0 bridgehead atoms. The summed E-state index contributed by atoms with van der Waals surface area (Å²) in [6.45, 7) is 6.85. The Hall–Kier alpha value is -1.77. The van der Waals surface area contributed by atoms with Crippen molar-refractivity contribution in [3.05, 3.63) is 35.0 Å². The molecule has 106 valence electrons. The third kappa shape index (κ3) is 2.11. The van der Waals surface area contributed by atoms with Crippen LogP contribution in [0.15, 0.2) is 18.2 Å². The highest BCUT2D eigenvalue weighted by Gasteiger charge is 2.30. The monoisotopic (exact) mass is 270 g/mol. The van der Waals surface area contributed by atoms with Gasteiger partial charge in [-0.2, -0.15) is 0 Å². The zero-order valence-corrected chi connectivity index (χ0v) is 12.2. The van der Waals surface area contributed by atoms with Gasteiger partial charge in [0.2, 0.25) is 0 Å². The van der Waals surface area contributed by atoms with Crippen molar-refractivity contribution in [1.29, 1.82) is 0 Å². The largest absolute Gasteiger partial charge is 0.545 e. The average molecular weight is 270 g/mol. The lowest BCUT2D eigenvalue weighted by molar-refractivity contribution is -0.255. The summed E-state index contributed by atoms with van der Waals surface area (Å²) < 4.78 is 0. The lowest BCUT2D eigenvalue weighted by atomic mass is 9.71. The smallest absolute Gasteiger partial charge is 0.0715 e. The maximum absolute atomic E-state index is 11.0. The Bertz CT molecular complexity index is 676. The molecule has 20 heavy (non-hydrogen) atoms. The van der Waals surface area contributed by atoms with Crippen molar-refractivity contribution in [3.63, 3.8) is 0 Å². The molecule has 0 saturated carbocycles. The Morgan fingerprint density at radius 3 is 2.75 bits per heavy atom. The first-order valence-corrected chi connectivity index (χ1v) is 7.21. The first kappa shape index (κ1) is 13.2. The van der Waals surface area contributed by atoms with Crippen LogP contribution in [0.4, 0.5) is 0 Å². The van der Waals surface area contributed by atoms with Gasteiger partial charge in [0.05, 0.1) is 5.97 Å². The molecule has 0 saturated heterocycles. The predicted molar refractivity (Wildman–Crippen MR) is 77.6 cm³/mol. The Balaban J connectivity index is 2.09. The molecule has 1 atom stereocenters. The highest BCUT2D eigenvalue weighted by molar-refractivity contribution is 5.94. The number of carboxylic acids is 1. The van der Waals surface area contributed by atoms with E-state index >= 15 is 0 Å². The number of carboxylic acid groups (broad SMARTS) is 1. The van der Waals surface area contributed by atoms with E-state index in [1.807, 2.05) is 6.07 Å². The minimum absolute atomic E-state index is 0.261. The maximum Gasteiger partial charge on any atom is 0.0715 e. The van der Waals surface area contributed by atoms with E-state index in [2.05, 4.69) is 25.8 Å². The summed E-state index contributed by atoms with van der Waals surface area (Å²) in [5.74, 6) is -0.467. The molecule has 0 aliphatic heterocycles. The Morgan fingerprint density at radius 1 is 1.35 bits per heavy atom. The van der Waals surface area contributed by atoms with E-state index in [-0.39, 0.29) is 11.0 Å². The maximum atomic E-state index is 11.0. The summed E-state index contributed by atoms with van der Waals surface area (Å²) in [6, 6.07) is 5.22. The van der Waals surface area contributed by atoms with Crippen LogP contribution in [0.5, 0.6) is 0 Å². The molecule has 1 aromatic carbocycles. The van der Waals surface area contributed by atoms with Gasteiger partial charge >= 0.3 is 0 Å². The van der Waals surface area contributed by atoms with Crippen LogP contribution in [0.2, 0.25) is 0 Å². The molecule has 0 unspecified atom stereocenters. The predicted octanol–water partition coefficient (Wildman–Crippen LogP) is 2.68. The van der Waals surface area contributed by atoms with E-state index in [1.165, 1.54) is 17.7 Å². The molecule has 3 nitrogen and oxygen atoms in total. The fourth-order valence-corrected chi connectivity index (χ4v) is 3.28. The van der Waals surface area contributed by atoms with Crippen LogP contribution in [0.1, 0.15) is 48.8 Å². The molecule has 3 heteroatoms. The molecule has 0 fully saturated rings. The van der Waals surface area contributed by atoms with Gasteiger partial charge in [-0.05, 0) is 53.9 Å². The van der Waals surface area contributed by atoms with E-state index in [0.717, 1.165) is 23.7 Å². The third-order valence-corrected chi connectivity index (χ3v) is 4.65. The highest BCUT2D eigenvalue weighted by Crippen LogP contribution is 2.39. The number of fused-ring (bicyclic) bond motifs is 3. The van der Waals surface area contributed by atoms with Crippen LogP contribution >= 0.6 is 0 Å². The fraction of sp³-hybridized carbons (Fsp3) is 0.471. The molecule has 1 aliphatic carbocycles. The van der Waals surface area contributed by atoms with Gasteiger partial charge < -0.3 is 14.9 Å². The number of carbonyl (C=O) groups is 1. The van der Waals surface area contributed by atoms with Crippen LogP contribution < -0.4 is 5.11 Å². The molecular weight excluding hydrogens is 250 g/mol. The molecule has 1 aromatic heterocycles. The number of benzene rings is 1. The number of H-pyrrole nitrogens is 1. The average Bonchev–Trinajstić information content (AvgIpc) is 2.74. The first-order chi connectivity index (χ1) is 9.36. The summed E-state index contributed by atoms with van der Waals surface area (Å²) in [5, 5.41) is 12.1. The van der Waals surface area contributed by atoms with Crippen molar-refractivity contribution in [2.45, 2.75) is 40.0 Å². The third-order valence-electron chi connectivity index (χ3n) is 4.65. The van der Waals surface area contributed by atoms with Gasteiger partial charge in [-0.15, -0.1) is 0 Å². The zero-order chi connectivity index (χ0) is 14.5. The van der Waals surface area contributed by atoms with E-state index in [0.29, 0.717) is 5.92 Å². The van der Waals surface area contributed by atoms with Crippen LogP contribution in [-0.2, 0) is 12.8 Å². The number of aromatic amines is 1.